The molecule has 1 aliphatic carbocycles. The Bertz CT molecular complexity index is 1030. The van der Waals surface area contributed by atoms with Gasteiger partial charge in [-0.2, -0.15) is 0 Å². The molecule has 1 amide bonds. The van der Waals surface area contributed by atoms with Gasteiger partial charge in [0, 0.05) is 48.1 Å². The van der Waals surface area contributed by atoms with Crippen LogP contribution >= 0.6 is 0 Å². The third-order valence-corrected chi connectivity index (χ3v) is 8.55. The normalized spacial score (nSPS) is 26.9. The predicted octanol–water partition coefficient (Wildman–Crippen LogP) is 5.64. The van der Waals surface area contributed by atoms with E-state index in [1.54, 1.807) is 0 Å². The smallest absolute Gasteiger partial charge is 0.287 e. The minimum Gasteiger partial charge on any atom is -0.487 e. The van der Waals surface area contributed by atoms with Crippen molar-refractivity contribution < 1.29 is 19.1 Å². The lowest BCUT2D eigenvalue weighted by Crippen LogP contribution is -2.44. The van der Waals surface area contributed by atoms with Gasteiger partial charge in [-0.05, 0) is 77.8 Å². The summed E-state index contributed by atoms with van der Waals surface area (Å²) in [6, 6.07) is 5.02. The van der Waals surface area contributed by atoms with Crippen LogP contribution in [0.5, 0.6) is 5.75 Å². The fraction of sp³-hybridized carbons (Fsp3) is 0.679. The highest BCUT2D eigenvalue weighted by Gasteiger charge is 2.42. The number of furan rings is 1. The van der Waals surface area contributed by atoms with E-state index >= 15 is 0 Å². The maximum Gasteiger partial charge on any atom is 0.287 e. The number of ether oxygens (including phenoxy) is 1. The quantitative estimate of drug-likeness (QED) is 0.555. The van der Waals surface area contributed by atoms with Crippen molar-refractivity contribution in [1.29, 1.82) is 0 Å². The Labute approximate surface area is 203 Å². The zero-order valence-electron chi connectivity index (χ0n) is 21.0. The van der Waals surface area contributed by atoms with Gasteiger partial charge in [0.05, 0.1) is 6.10 Å². The number of aryl methyl sites for hydroxylation is 1. The van der Waals surface area contributed by atoms with E-state index in [9.17, 15) is 9.90 Å². The summed E-state index contributed by atoms with van der Waals surface area (Å²) in [7, 11) is 0. The van der Waals surface area contributed by atoms with E-state index in [4.69, 9.17) is 9.15 Å². The number of nitrogens with one attached hydrogen (secondary N) is 1. The van der Waals surface area contributed by atoms with E-state index in [0.29, 0.717) is 36.4 Å². The molecule has 3 heterocycles. The average molecular weight is 469 g/mol. The second-order valence-electron chi connectivity index (χ2n) is 10.9. The molecule has 1 saturated carbocycles. The summed E-state index contributed by atoms with van der Waals surface area (Å²) in [6.45, 7) is 8.15. The molecule has 6 nitrogen and oxygen atoms in total. The van der Waals surface area contributed by atoms with Gasteiger partial charge in [0.25, 0.3) is 5.91 Å². The molecule has 0 bridgehead atoms. The van der Waals surface area contributed by atoms with Gasteiger partial charge in [-0.1, -0.05) is 12.8 Å². The molecule has 1 saturated heterocycles. The number of carbonyl (C=O) groups is 1. The average Bonchev–Trinajstić information content (AvgIpc) is 3.15. The molecule has 1 aromatic heterocycles. The van der Waals surface area contributed by atoms with Crippen molar-refractivity contribution in [3.63, 3.8) is 0 Å². The zero-order chi connectivity index (χ0) is 23.9. The number of aliphatic hydroxyl groups is 1. The molecule has 1 spiro atoms. The van der Waals surface area contributed by atoms with Crippen molar-refractivity contribution in [1.82, 2.24) is 10.2 Å². The Morgan fingerprint density at radius 1 is 1.15 bits per heavy atom. The number of nitrogens with zero attached hydrogens (tertiary/aromatic N) is 1. The predicted molar refractivity (Wildman–Crippen MR) is 133 cm³/mol. The second kappa shape index (κ2) is 9.54. The highest BCUT2D eigenvalue weighted by molar-refractivity contribution is 6.00. The first-order valence-corrected chi connectivity index (χ1v) is 13.4. The number of hydrogen-bond donors (Lipinski definition) is 2. The molecule has 3 atom stereocenters. The van der Waals surface area contributed by atoms with Crippen LogP contribution in [-0.2, 0) is 0 Å². The van der Waals surface area contributed by atoms with Crippen LogP contribution in [0.1, 0.15) is 106 Å². The monoisotopic (exact) mass is 468 g/mol. The fourth-order valence-corrected chi connectivity index (χ4v) is 6.68. The van der Waals surface area contributed by atoms with Gasteiger partial charge in [0.1, 0.15) is 16.9 Å². The minimum absolute atomic E-state index is 0.183. The first-order valence-electron chi connectivity index (χ1n) is 13.4. The molecule has 5 rings (SSSR count). The van der Waals surface area contributed by atoms with Gasteiger partial charge in [-0.15, -0.1) is 0 Å². The molecule has 2 fully saturated rings. The van der Waals surface area contributed by atoms with Crippen molar-refractivity contribution in [2.24, 2.45) is 0 Å². The van der Waals surface area contributed by atoms with Gasteiger partial charge < -0.3 is 19.6 Å². The van der Waals surface area contributed by atoms with E-state index in [0.717, 1.165) is 60.9 Å². The summed E-state index contributed by atoms with van der Waals surface area (Å²) >= 11 is 0. The van der Waals surface area contributed by atoms with Crippen LogP contribution < -0.4 is 10.1 Å². The summed E-state index contributed by atoms with van der Waals surface area (Å²) in [5.74, 6) is 0.902. The molecule has 2 aliphatic heterocycles. The van der Waals surface area contributed by atoms with Crippen molar-refractivity contribution in [2.45, 2.75) is 109 Å². The molecule has 0 unspecified atom stereocenters. The second-order valence-corrected chi connectivity index (χ2v) is 10.9. The lowest BCUT2D eigenvalue weighted by molar-refractivity contribution is -0.0373. The van der Waals surface area contributed by atoms with Crippen LogP contribution in [0.15, 0.2) is 16.5 Å². The Hall–Kier alpha value is -2.05. The molecule has 3 aliphatic rings. The molecule has 1 aromatic carbocycles. The van der Waals surface area contributed by atoms with E-state index < -0.39 is 6.10 Å². The summed E-state index contributed by atoms with van der Waals surface area (Å²) in [5.41, 5.74) is 1.95. The fourth-order valence-electron chi connectivity index (χ4n) is 6.68. The summed E-state index contributed by atoms with van der Waals surface area (Å²) in [5, 5.41) is 15.0. The topological polar surface area (TPSA) is 74.9 Å². The number of hydrogen-bond acceptors (Lipinski definition) is 5. The molecule has 0 radical (unpaired) electrons. The van der Waals surface area contributed by atoms with Crippen molar-refractivity contribution in [2.75, 3.05) is 13.1 Å². The highest BCUT2D eigenvalue weighted by Crippen LogP contribution is 2.49. The number of amides is 1. The number of carbonyl (C=O) groups excluding carboxylic acids is 1. The number of aliphatic hydroxyl groups excluding tert-OH is 1. The summed E-state index contributed by atoms with van der Waals surface area (Å²) in [6.07, 6.45) is 10.3. The van der Waals surface area contributed by atoms with Crippen LogP contribution in [0.3, 0.4) is 0 Å². The molecule has 34 heavy (non-hydrogen) atoms. The number of benzene rings is 1. The highest BCUT2D eigenvalue weighted by atomic mass is 16.5. The number of fused-ring (bicyclic) bond motifs is 3. The Balaban J connectivity index is 1.29. The lowest BCUT2D eigenvalue weighted by atomic mass is 9.77. The molecule has 2 aromatic rings. The molecule has 2 N–H and O–H groups in total. The number of likely N-dealkylation sites (tertiary alicyclic amines) is 1. The van der Waals surface area contributed by atoms with Crippen LogP contribution in [0, 0.1) is 6.92 Å². The zero-order valence-corrected chi connectivity index (χ0v) is 21.0. The van der Waals surface area contributed by atoms with E-state index in [2.05, 4.69) is 24.1 Å². The first-order chi connectivity index (χ1) is 16.4. The lowest BCUT2D eigenvalue weighted by Gasteiger charge is -2.43. The van der Waals surface area contributed by atoms with Gasteiger partial charge in [0.2, 0.25) is 0 Å². The Morgan fingerprint density at radius 2 is 1.88 bits per heavy atom. The molecular weight excluding hydrogens is 428 g/mol. The van der Waals surface area contributed by atoms with E-state index in [1.807, 2.05) is 19.1 Å². The van der Waals surface area contributed by atoms with Gasteiger partial charge in [0.15, 0.2) is 5.76 Å². The third-order valence-electron chi connectivity index (χ3n) is 8.55. The van der Waals surface area contributed by atoms with Crippen LogP contribution in [-0.4, -0.2) is 46.7 Å². The Morgan fingerprint density at radius 3 is 2.62 bits per heavy atom. The van der Waals surface area contributed by atoms with Crippen LogP contribution in [0.25, 0.3) is 11.0 Å². The molecular formula is C28H40N2O4. The van der Waals surface area contributed by atoms with Crippen LogP contribution in [0.2, 0.25) is 0 Å². The third kappa shape index (κ3) is 4.35. The standard InChI is InChI=1S/C28H40N2O4/c1-18-9-7-10-19(2)30(18)16-8-15-29-27(32)26-20(3)24-22(33-26)11-12-23-25(24)21(31)17-28(34-23)13-5-4-6-14-28/h11-12,18-19,21,31H,4-10,13-17H2,1-3H3,(H,29,32)/t18-,19+,21-/m1/s1. The Kier molecular flexibility index (Phi) is 6.64. The molecule has 186 valence electrons. The van der Waals surface area contributed by atoms with Gasteiger partial charge >= 0.3 is 0 Å². The van der Waals surface area contributed by atoms with Gasteiger partial charge in [-0.25, -0.2) is 0 Å². The largest absolute Gasteiger partial charge is 0.487 e. The van der Waals surface area contributed by atoms with Crippen molar-refractivity contribution >= 4 is 16.9 Å². The first kappa shape index (κ1) is 23.7. The van der Waals surface area contributed by atoms with Crippen LogP contribution in [0.4, 0.5) is 0 Å². The maximum absolute atomic E-state index is 13.0. The SMILES string of the molecule is Cc1c(C(=O)NCCCN2[C@H](C)CCC[C@@H]2C)oc2ccc3c(c12)[C@H](O)CC1(CCCCC1)O3. The minimum atomic E-state index is -0.605. The molecule has 6 heteroatoms. The van der Waals surface area contributed by atoms with Crippen molar-refractivity contribution in [3.8, 4) is 5.75 Å². The summed E-state index contributed by atoms with van der Waals surface area (Å²) < 4.78 is 12.5. The van der Waals surface area contributed by atoms with Gasteiger partial charge in [-0.3, -0.25) is 9.69 Å². The number of piperidine rings is 1. The van der Waals surface area contributed by atoms with E-state index in [-0.39, 0.29) is 11.5 Å². The number of rotatable bonds is 5. The van der Waals surface area contributed by atoms with E-state index in [1.165, 1.54) is 25.7 Å². The van der Waals surface area contributed by atoms with Crippen molar-refractivity contribution in [3.05, 3.63) is 29.0 Å². The summed E-state index contributed by atoms with van der Waals surface area (Å²) in [4.78, 5) is 15.6. The maximum atomic E-state index is 13.0.